The van der Waals surface area contributed by atoms with Crippen LogP contribution < -0.4 is 5.32 Å². The van der Waals surface area contributed by atoms with Gasteiger partial charge in [0.05, 0.1) is 6.20 Å². The van der Waals surface area contributed by atoms with Crippen LogP contribution in [-0.2, 0) is 4.79 Å². The first-order valence-electron chi connectivity index (χ1n) is 3.89. The second-order valence-corrected chi connectivity index (χ2v) is 2.88. The quantitative estimate of drug-likeness (QED) is 0.637. The smallest absolute Gasteiger partial charge is 0.220 e. The van der Waals surface area contributed by atoms with Crippen LogP contribution in [0.4, 0.5) is 0 Å². The minimum atomic E-state index is 0.122. The molecule has 0 saturated carbocycles. The molecule has 1 amide bonds. The zero-order valence-electron chi connectivity index (χ0n) is 6.53. The average molecular weight is 163 g/mol. The van der Waals surface area contributed by atoms with E-state index in [1.807, 2.05) is 6.07 Å². The van der Waals surface area contributed by atoms with E-state index in [4.69, 9.17) is 0 Å². The first kappa shape index (κ1) is 7.21. The number of carbonyl (C=O) groups excluding carboxylic acids is 1. The maximum atomic E-state index is 10.9. The van der Waals surface area contributed by atoms with Crippen molar-refractivity contribution < 1.29 is 4.79 Å². The Morgan fingerprint density at radius 2 is 2.42 bits per heavy atom. The summed E-state index contributed by atoms with van der Waals surface area (Å²) in [5.74, 6) is 0.407. The van der Waals surface area contributed by atoms with Crippen molar-refractivity contribution in [2.75, 3.05) is 6.54 Å². The summed E-state index contributed by atoms with van der Waals surface area (Å²) in [4.78, 5) is 10.9. The van der Waals surface area contributed by atoms with Crippen LogP contribution in [0, 0.1) is 0 Å². The highest BCUT2D eigenvalue weighted by Gasteiger charge is 2.22. The fraction of sp³-hybridized carbons (Fsp3) is 0.375. The molecule has 1 atom stereocenters. The van der Waals surface area contributed by atoms with E-state index in [0.29, 0.717) is 6.42 Å². The van der Waals surface area contributed by atoms with Gasteiger partial charge in [0.15, 0.2) is 0 Å². The van der Waals surface area contributed by atoms with E-state index in [9.17, 15) is 4.79 Å². The van der Waals surface area contributed by atoms with Crippen molar-refractivity contribution in [3.63, 3.8) is 0 Å². The van der Waals surface area contributed by atoms with Crippen LogP contribution >= 0.6 is 0 Å². The van der Waals surface area contributed by atoms with Gasteiger partial charge in [-0.05, 0) is 11.6 Å². The maximum absolute atomic E-state index is 10.9. The Balaban J connectivity index is 2.16. The number of nitrogens with one attached hydrogen (secondary N) is 1. The van der Waals surface area contributed by atoms with Crippen molar-refractivity contribution in [2.45, 2.75) is 12.3 Å². The summed E-state index contributed by atoms with van der Waals surface area (Å²) in [6.45, 7) is 0.727. The first-order chi connectivity index (χ1) is 5.86. The van der Waals surface area contributed by atoms with Crippen LogP contribution in [0.5, 0.6) is 0 Å². The molecule has 1 aromatic rings. The van der Waals surface area contributed by atoms with Gasteiger partial charge in [-0.25, -0.2) is 0 Å². The molecule has 1 N–H and O–H groups in total. The van der Waals surface area contributed by atoms with Crippen molar-refractivity contribution in [1.82, 2.24) is 15.5 Å². The molecule has 0 radical (unpaired) electrons. The van der Waals surface area contributed by atoms with Crippen molar-refractivity contribution in [1.29, 1.82) is 0 Å². The number of rotatable bonds is 1. The molecular formula is C8H9N3O. The monoisotopic (exact) mass is 163 g/mol. The topological polar surface area (TPSA) is 54.9 Å². The van der Waals surface area contributed by atoms with Gasteiger partial charge < -0.3 is 5.32 Å². The number of aromatic nitrogens is 2. The Morgan fingerprint density at radius 3 is 3.00 bits per heavy atom. The van der Waals surface area contributed by atoms with Crippen LogP contribution in [0.2, 0.25) is 0 Å². The molecule has 2 rings (SSSR count). The van der Waals surface area contributed by atoms with Gasteiger partial charge in [0.2, 0.25) is 5.91 Å². The summed E-state index contributed by atoms with van der Waals surface area (Å²) >= 11 is 0. The molecule has 1 unspecified atom stereocenters. The van der Waals surface area contributed by atoms with Gasteiger partial charge in [0.1, 0.15) is 0 Å². The van der Waals surface area contributed by atoms with E-state index in [-0.39, 0.29) is 11.8 Å². The van der Waals surface area contributed by atoms with E-state index < -0.39 is 0 Å². The highest BCUT2D eigenvalue weighted by Crippen LogP contribution is 2.20. The lowest BCUT2D eigenvalue weighted by atomic mass is 10.0. The average Bonchev–Trinajstić information content (AvgIpc) is 2.54. The molecule has 12 heavy (non-hydrogen) atoms. The zero-order chi connectivity index (χ0) is 8.39. The molecule has 1 aromatic heterocycles. The van der Waals surface area contributed by atoms with Crippen molar-refractivity contribution >= 4 is 5.91 Å². The summed E-state index contributed by atoms with van der Waals surface area (Å²) in [5, 5.41) is 10.2. The fourth-order valence-electron chi connectivity index (χ4n) is 1.38. The third-order valence-corrected chi connectivity index (χ3v) is 2.06. The van der Waals surface area contributed by atoms with Crippen LogP contribution in [0.25, 0.3) is 0 Å². The molecule has 0 aliphatic carbocycles. The number of nitrogens with zero attached hydrogens (tertiary/aromatic N) is 2. The van der Waals surface area contributed by atoms with E-state index >= 15 is 0 Å². The maximum Gasteiger partial charge on any atom is 0.220 e. The SMILES string of the molecule is O=C1CC(c2ccnnc2)CN1. The molecule has 62 valence electrons. The molecule has 1 fully saturated rings. The van der Waals surface area contributed by atoms with Crippen molar-refractivity contribution in [3.8, 4) is 0 Å². The van der Waals surface area contributed by atoms with E-state index in [2.05, 4.69) is 15.5 Å². The highest BCUT2D eigenvalue weighted by atomic mass is 16.1. The largest absolute Gasteiger partial charge is 0.355 e. The van der Waals surface area contributed by atoms with Crippen molar-refractivity contribution in [2.24, 2.45) is 0 Å². The highest BCUT2D eigenvalue weighted by molar-refractivity contribution is 5.79. The summed E-state index contributed by atoms with van der Waals surface area (Å²) in [6, 6.07) is 1.90. The molecule has 0 spiro atoms. The molecule has 1 aliphatic rings. The Bertz CT molecular complexity index is 286. The van der Waals surface area contributed by atoms with E-state index in [1.54, 1.807) is 12.4 Å². The van der Waals surface area contributed by atoms with Crippen LogP contribution in [0.15, 0.2) is 18.5 Å². The van der Waals surface area contributed by atoms with Crippen LogP contribution in [-0.4, -0.2) is 22.6 Å². The summed E-state index contributed by atoms with van der Waals surface area (Å²) in [6.07, 6.45) is 3.94. The lowest BCUT2D eigenvalue weighted by Gasteiger charge is -2.04. The minimum Gasteiger partial charge on any atom is -0.355 e. The predicted molar refractivity (Wildman–Crippen MR) is 42.4 cm³/mol. The zero-order valence-corrected chi connectivity index (χ0v) is 6.53. The summed E-state index contributed by atoms with van der Waals surface area (Å²) < 4.78 is 0. The molecule has 4 nitrogen and oxygen atoms in total. The Kier molecular flexibility index (Phi) is 1.74. The lowest BCUT2D eigenvalue weighted by Crippen LogP contribution is -2.13. The molecule has 1 aliphatic heterocycles. The molecule has 4 heteroatoms. The third-order valence-electron chi connectivity index (χ3n) is 2.06. The standard InChI is InChI=1S/C8H9N3O/c12-8-3-7(4-9-8)6-1-2-10-11-5-6/h1-2,5,7H,3-4H2,(H,9,12). The van der Waals surface area contributed by atoms with Gasteiger partial charge in [-0.3, -0.25) is 4.79 Å². The summed E-state index contributed by atoms with van der Waals surface area (Å²) in [5.41, 5.74) is 1.09. The Morgan fingerprint density at radius 1 is 1.50 bits per heavy atom. The Labute approximate surface area is 70.0 Å². The molecule has 1 saturated heterocycles. The van der Waals surface area contributed by atoms with Gasteiger partial charge in [-0.2, -0.15) is 10.2 Å². The fourth-order valence-corrected chi connectivity index (χ4v) is 1.38. The van der Waals surface area contributed by atoms with Crippen molar-refractivity contribution in [3.05, 3.63) is 24.0 Å². The van der Waals surface area contributed by atoms with Gasteiger partial charge in [0, 0.05) is 25.1 Å². The second-order valence-electron chi connectivity index (χ2n) is 2.88. The van der Waals surface area contributed by atoms with Gasteiger partial charge >= 0.3 is 0 Å². The third kappa shape index (κ3) is 1.28. The Hall–Kier alpha value is -1.45. The van der Waals surface area contributed by atoms with Gasteiger partial charge in [-0.15, -0.1) is 0 Å². The molecule has 2 heterocycles. The lowest BCUT2D eigenvalue weighted by molar-refractivity contribution is -0.119. The number of amides is 1. The normalized spacial score (nSPS) is 22.3. The van der Waals surface area contributed by atoms with Crippen LogP contribution in [0.1, 0.15) is 17.9 Å². The summed E-state index contributed by atoms with van der Waals surface area (Å²) in [7, 11) is 0. The molecule has 0 aromatic carbocycles. The first-order valence-corrected chi connectivity index (χ1v) is 3.89. The number of hydrogen-bond donors (Lipinski definition) is 1. The number of hydrogen-bond acceptors (Lipinski definition) is 3. The van der Waals surface area contributed by atoms with E-state index in [1.165, 1.54) is 0 Å². The van der Waals surface area contributed by atoms with Gasteiger partial charge in [0.25, 0.3) is 0 Å². The molecular weight excluding hydrogens is 154 g/mol. The second kappa shape index (κ2) is 2.89. The van der Waals surface area contributed by atoms with Gasteiger partial charge in [-0.1, -0.05) is 0 Å². The minimum absolute atomic E-state index is 0.122. The number of carbonyl (C=O) groups is 1. The van der Waals surface area contributed by atoms with Crippen LogP contribution in [0.3, 0.4) is 0 Å². The molecule has 0 bridgehead atoms. The predicted octanol–water partition coefficient (Wildman–Crippen LogP) is 0.0801. The van der Waals surface area contributed by atoms with E-state index in [0.717, 1.165) is 12.1 Å².